The minimum absolute atomic E-state index is 0.108. The van der Waals surface area contributed by atoms with E-state index >= 15 is 0 Å². The molecule has 2 amide bonds. The smallest absolute Gasteiger partial charge is 0.338 e. The van der Waals surface area contributed by atoms with Gasteiger partial charge in [0, 0.05) is 6.61 Å². The van der Waals surface area contributed by atoms with Gasteiger partial charge in [-0.15, -0.1) is 0 Å². The molecule has 1 atom stereocenters. The van der Waals surface area contributed by atoms with Crippen molar-refractivity contribution in [1.29, 1.82) is 0 Å². The van der Waals surface area contributed by atoms with Crippen LogP contribution in [0.1, 0.15) is 37.0 Å². The van der Waals surface area contributed by atoms with Crippen LogP contribution in [-0.4, -0.2) is 49.2 Å². The Kier molecular flexibility index (Phi) is 6.14. The van der Waals surface area contributed by atoms with Crippen LogP contribution in [-0.2, 0) is 19.1 Å². The zero-order valence-electron chi connectivity index (χ0n) is 18.1. The van der Waals surface area contributed by atoms with Crippen LogP contribution >= 0.6 is 0 Å². The fourth-order valence-corrected chi connectivity index (χ4v) is 3.83. The Hall–Kier alpha value is -3.39. The molecule has 2 aliphatic heterocycles. The van der Waals surface area contributed by atoms with Gasteiger partial charge in [0.05, 0.1) is 23.0 Å². The fraction of sp³-hybridized carbons (Fsp3) is 0.375. The minimum atomic E-state index is -1.13. The second-order valence-corrected chi connectivity index (χ2v) is 8.31. The van der Waals surface area contributed by atoms with Crippen LogP contribution < -0.4 is 15.0 Å². The molecule has 0 aliphatic carbocycles. The molecule has 8 heteroatoms. The molecule has 8 nitrogen and oxygen atoms in total. The van der Waals surface area contributed by atoms with E-state index in [0.717, 1.165) is 19.4 Å². The lowest BCUT2D eigenvalue weighted by atomic mass is 9.96. The lowest BCUT2D eigenvalue weighted by molar-refractivity contribution is -0.128. The summed E-state index contributed by atoms with van der Waals surface area (Å²) in [7, 11) is 0. The number of esters is 1. The SMILES string of the molecule is CC1(C)C(=O)Nc2ccccc2N1C(=O)COC(=O)c1ccc(OCC2CCCO2)cc1. The number of fused-ring (bicyclic) bond motifs is 1. The number of benzene rings is 2. The predicted octanol–water partition coefficient (Wildman–Crippen LogP) is 3.17. The highest BCUT2D eigenvalue weighted by Crippen LogP contribution is 2.36. The Morgan fingerprint density at radius 3 is 2.62 bits per heavy atom. The number of carbonyl (C=O) groups excluding carboxylic acids is 3. The first-order valence-corrected chi connectivity index (χ1v) is 10.6. The average molecular weight is 438 g/mol. The van der Waals surface area contributed by atoms with E-state index in [0.29, 0.717) is 29.3 Å². The third-order valence-corrected chi connectivity index (χ3v) is 5.63. The fourth-order valence-electron chi connectivity index (χ4n) is 3.83. The third kappa shape index (κ3) is 4.45. The second kappa shape index (κ2) is 9.00. The van der Waals surface area contributed by atoms with Crippen molar-refractivity contribution in [2.75, 3.05) is 30.0 Å². The summed E-state index contributed by atoms with van der Waals surface area (Å²) in [5, 5.41) is 2.80. The van der Waals surface area contributed by atoms with E-state index in [2.05, 4.69) is 5.32 Å². The Bertz CT molecular complexity index is 1010. The van der Waals surface area contributed by atoms with Gasteiger partial charge in [0.15, 0.2) is 6.61 Å². The van der Waals surface area contributed by atoms with Crippen molar-refractivity contribution in [3.05, 3.63) is 54.1 Å². The van der Waals surface area contributed by atoms with Gasteiger partial charge in [-0.25, -0.2) is 4.79 Å². The largest absolute Gasteiger partial charge is 0.491 e. The van der Waals surface area contributed by atoms with Gasteiger partial charge in [-0.3, -0.25) is 14.5 Å². The van der Waals surface area contributed by atoms with Gasteiger partial charge in [0.2, 0.25) is 5.91 Å². The summed E-state index contributed by atoms with van der Waals surface area (Å²) >= 11 is 0. The van der Waals surface area contributed by atoms with Gasteiger partial charge in [0.25, 0.3) is 5.91 Å². The number of para-hydroxylation sites is 2. The van der Waals surface area contributed by atoms with Crippen molar-refractivity contribution in [2.24, 2.45) is 0 Å². The van der Waals surface area contributed by atoms with Crippen LogP contribution in [0, 0.1) is 0 Å². The van der Waals surface area contributed by atoms with E-state index in [1.165, 1.54) is 4.90 Å². The highest BCUT2D eigenvalue weighted by atomic mass is 16.5. The summed E-state index contributed by atoms with van der Waals surface area (Å²) in [6.45, 7) is 4.04. The first kappa shape index (κ1) is 21.8. The summed E-state index contributed by atoms with van der Waals surface area (Å²) in [4.78, 5) is 39.3. The standard InChI is InChI=1S/C24H26N2O6/c1-24(2)23(29)25-19-7-3-4-8-20(19)26(24)21(27)15-32-22(28)16-9-11-17(12-10-16)31-14-18-6-5-13-30-18/h3-4,7-12,18H,5-6,13-15H2,1-2H3,(H,25,29). The molecule has 1 unspecified atom stereocenters. The van der Waals surface area contributed by atoms with Gasteiger partial charge in [0.1, 0.15) is 17.9 Å². The van der Waals surface area contributed by atoms with Gasteiger partial charge >= 0.3 is 5.97 Å². The molecule has 0 saturated carbocycles. The number of anilines is 2. The molecule has 4 rings (SSSR count). The van der Waals surface area contributed by atoms with Crippen molar-refractivity contribution in [3.63, 3.8) is 0 Å². The zero-order valence-corrected chi connectivity index (χ0v) is 18.1. The highest BCUT2D eigenvalue weighted by molar-refractivity contribution is 6.14. The maximum absolute atomic E-state index is 13.0. The molecule has 2 aromatic carbocycles. The van der Waals surface area contributed by atoms with Crippen LogP contribution in [0.15, 0.2) is 48.5 Å². The van der Waals surface area contributed by atoms with E-state index < -0.39 is 24.0 Å². The van der Waals surface area contributed by atoms with E-state index in [1.54, 1.807) is 62.4 Å². The molecule has 0 aromatic heterocycles. The van der Waals surface area contributed by atoms with Crippen LogP contribution in [0.25, 0.3) is 0 Å². The first-order valence-electron chi connectivity index (χ1n) is 10.6. The molecule has 1 saturated heterocycles. The van der Waals surface area contributed by atoms with Crippen molar-refractivity contribution in [1.82, 2.24) is 0 Å². The normalized spacial score (nSPS) is 19.1. The molecule has 168 valence electrons. The Morgan fingerprint density at radius 1 is 1.16 bits per heavy atom. The molecule has 0 spiro atoms. The summed E-state index contributed by atoms with van der Waals surface area (Å²) in [5.74, 6) is -0.793. The lowest BCUT2D eigenvalue weighted by Crippen LogP contribution is -2.59. The maximum atomic E-state index is 13.0. The average Bonchev–Trinajstić information content (AvgIpc) is 3.30. The quantitative estimate of drug-likeness (QED) is 0.697. The zero-order chi connectivity index (χ0) is 22.7. The van der Waals surface area contributed by atoms with Crippen molar-refractivity contribution in [2.45, 2.75) is 38.3 Å². The molecule has 2 heterocycles. The van der Waals surface area contributed by atoms with Crippen LogP contribution in [0.2, 0.25) is 0 Å². The molecule has 0 radical (unpaired) electrons. The summed E-state index contributed by atoms with van der Waals surface area (Å²) in [6.07, 6.45) is 2.14. The van der Waals surface area contributed by atoms with Crippen molar-refractivity contribution in [3.8, 4) is 5.75 Å². The molecule has 1 fully saturated rings. The predicted molar refractivity (Wildman–Crippen MR) is 118 cm³/mol. The van der Waals surface area contributed by atoms with Crippen molar-refractivity contribution >= 4 is 29.2 Å². The summed E-state index contributed by atoms with van der Waals surface area (Å²) in [5.41, 5.74) is 0.277. The first-order chi connectivity index (χ1) is 15.4. The lowest BCUT2D eigenvalue weighted by Gasteiger charge is -2.41. The molecule has 2 aromatic rings. The molecule has 0 bridgehead atoms. The number of hydrogen-bond donors (Lipinski definition) is 1. The number of ether oxygens (including phenoxy) is 3. The van der Waals surface area contributed by atoms with Crippen molar-refractivity contribution < 1.29 is 28.6 Å². The molecule has 1 N–H and O–H groups in total. The Morgan fingerprint density at radius 2 is 1.91 bits per heavy atom. The Labute approximate surface area is 186 Å². The Balaban J connectivity index is 1.37. The summed E-state index contributed by atoms with van der Waals surface area (Å²) in [6, 6.07) is 13.6. The monoisotopic (exact) mass is 438 g/mol. The topological polar surface area (TPSA) is 94.2 Å². The van der Waals surface area contributed by atoms with Gasteiger partial charge in [-0.05, 0) is 63.1 Å². The van der Waals surface area contributed by atoms with E-state index in [1.807, 2.05) is 0 Å². The van der Waals surface area contributed by atoms with E-state index in [9.17, 15) is 14.4 Å². The maximum Gasteiger partial charge on any atom is 0.338 e. The second-order valence-electron chi connectivity index (χ2n) is 8.31. The van der Waals surface area contributed by atoms with E-state index in [4.69, 9.17) is 14.2 Å². The number of rotatable bonds is 6. The van der Waals surface area contributed by atoms with Gasteiger partial charge in [-0.2, -0.15) is 0 Å². The number of carbonyl (C=O) groups is 3. The number of amides is 2. The van der Waals surface area contributed by atoms with Gasteiger partial charge in [-0.1, -0.05) is 12.1 Å². The number of nitrogens with one attached hydrogen (secondary N) is 1. The molecule has 32 heavy (non-hydrogen) atoms. The number of nitrogens with zero attached hydrogens (tertiary/aromatic N) is 1. The van der Waals surface area contributed by atoms with Gasteiger partial charge < -0.3 is 19.5 Å². The summed E-state index contributed by atoms with van der Waals surface area (Å²) < 4.78 is 16.5. The van der Waals surface area contributed by atoms with E-state index in [-0.39, 0.29) is 12.0 Å². The van der Waals surface area contributed by atoms with Crippen LogP contribution in [0.3, 0.4) is 0 Å². The number of hydrogen-bond acceptors (Lipinski definition) is 6. The molecule has 2 aliphatic rings. The minimum Gasteiger partial charge on any atom is -0.491 e. The third-order valence-electron chi connectivity index (χ3n) is 5.63. The van der Waals surface area contributed by atoms with Crippen LogP contribution in [0.5, 0.6) is 5.75 Å². The van der Waals surface area contributed by atoms with Crippen LogP contribution in [0.4, 0.5) is 11.4 Å². The molecular weight excluding hydrogens is 412 g/mol. The molecular formula is C24H26N2O6. The highest BCUT2D eigenvalue weighted by Gasteiger charge is 2.43.